The molecule has 10 nitrogen and oxygen atoms in total. The molecule has 160 valence electrons. The van der Waals surface area contributed by atoms with Crippen molar-refractivity contribution in [3.63, 3.8) is 0 Å². The van der Waals surface area contributed by atoms with Gasteiger partial charge in [0, 0.05) is 31.5 Å². The van der Waals surface area contributed by atoms with Crippen molar-refractivity contribution in [1.29, 1.82) is 0 Å². The number of carbonyl (C=O) groups excluding carboxylic acids is 2. The predicted octanol–water partition coefficient (Wildman–Crippen LogP) is 1.84. The van der Waals surface area contributed by atoms with E-state index in [1.165, 1.54) is 18.3 Å². The molecule has 0 spiro atoms. The van der Waals surface area contributed by atoms with E-state index >= 15 is 0 Å². The number of halogens is 1. The summed E-state index contributed by atoms with van der Waals surface area (Å²) in [5.41, 5.74) is 0.755. The number of nitro groups is 1. The molecule has 11 heteroatoms. The van der Waals surface area contributed by atoms with Gasteiger partial charge in [0.05, 0.1) is 35.8 Å². The second-order valence-corrected chi connectivity index (χ2v) is 6.19. The highest BCUT2D eigenvalue weighted by Crippen LogP contribution is 2.30. The normalized spacial score (nSPS) is 13.1. The van der Waals surface area contributed by atoms with Gasteiger partial charge in [0.2, 0.25) is 0 Å². The topological polar surface area (TPSA) is 124 Å². The number of benzene rings is 1. The summed E-state index contributed by atoms with van der Waals surface area (Å²) in [6.45, 7) is 2.11. The van der Waals surface area contributed by atoms with Crippen molar-refractivity contribution in [2.75, 3.05) is 44.4 Å². The number of nitro benzene ring substituents is 1. The maximum atomic E-state index is 12.2. The van der Waals surface area contributed by atoms with E-state index in [0.29, 0.717) is 37.6 Å². The molecule has 3 rings (SSSR count). The number of rotatable bonds is 7. The average molecular weight is 437 g/mol. The van der Waals surface area contributed by atoms with Crippen LogP contribution in [0.1, 0.15) is 20.7 Å². The molecule has 0 radical (unpaired) electrons. The molecule has 1 saturated heterocycles. The highest BCUT2D eigenvalue weighted by Gasteiger charge is 2.23. The third-order valence-electron chi connectivity index (χ3n) is 4.30. The Kier molecular flexibility index (Phi) is 8.51. The van der Waals surface area contributed by atoms with Gasteiger partial charge in [-0.2, -0.15) is 0 Å². The molecule has 30 heavy (non-hydrogen) atoms. The Morgan fingerprint density at radius 3 is 2.67 bits per heavy atom. The van der Waals surface area contributed by atoms with Crippen LogP contribution in [0.4, 0.5) is 11.4 Å². The SMILES string of the molecule is Cl.O=C(NCCOC(=O)c1ccc(N2CCOCC2)c([N+](=O)[O-])c1)c1cccnc1. The largest absolute Gasteiger partial charge is 0.460 e. The molecule has 2 heterocycles. The third-order valence-corrected chi connectivity index (χ3v) is 4.30. The van der Waals surface area contributed by atoms with Crippen molar-refractivity contribution in [3.05, 3.63) is 64.0 Å². The van der Waals surface area contributed by atoms with Gasteiger partial charge in [-0.1, -0.05) is 0 Å². The van der Waals surface area contributed by atoms with Gasteiger partial charge in [0.1, 0.15) is 12.3 Å². The fourth-order valence-corrected chi connectivity index (χ4v) is 2.86. The monoisotopic (exact) mass is 436 g/mol. The molecule has 1 aromatic heterocycles. The lowest BCUT2D eigenvalue weighted by Crippen LogP contribution is -2.36. The first-order valence-electron chi connectivity index (χ1n) is 9.03. The highest BCUT2D eigenvalue weighted by molar-refractivity contribution is 5.94. The number of esters is 1. The van der Waals surface area contributed by atoms with Crippen molar-refractivity contribution in [1.82, 2.24) is 10.3 Å². The van der Waals surface area contributed by atoms with Crippen LogP contribution in [0.2, 0.25) is 0 Å². The van der Waals surface area contributed by atoms with Gasteiger partial charge >= 0.3 is 5.97 Å². The molecule has 0 aliphatic carbocycles. The number of hydrogen-bond acceptors (Lipinski definition) is 8. The van der Waals surface area contributed by atoms with Crippen LogP contribution in [0.3, 0.4) is 0 Å². The molecule has 1 fully saturated rings. The number of nitrogens with one attached hydrogen (secondary N) is 1. The Balaban J connectivity index is 0.00000320. The van der Waals surface area contributed by atoms with Gasteiger partial charge in [0.15, 0.2) is 0 Å². The van der Waals surface area contributed by atoms with E-state index < -0.39 is 10.9 Å². The summed E-state index contributed by atoms with van der Waals surface area (Å²) in [5.74, 6) is -1.03. The summed E-state index contributed by atoms with van der Waals surface area (Å²) in [6, 6.07) is 7.51. The average Bonchev–Trinajstić information content (AvgIpc) is 2.77. The van der Waals surface area contributed by atoms with E-state index in [9.17, 15) is 19.7 Å². The van der Waals surface area contributed by atoms with Crippen LogP contribution in [-0.2, 0) is 9.47 Å². The minimum Gasteiger partial charge on any atom is -0.460 e. The van der Waals surface area contributed by atoms with E-state index in [2.05, 4.69) is 10.3 Å². The quantitative estimate of drug-likeness (QED) is 0.302. The minimum atomic E-state index is -0.697. The summed E-state index contributed by atoms with van der Waals surface area (Å²) < 4.78 is 10.4. The van der Waals surface area contributed by atoms with Gasteiger partial charge in [-0.3, -0.25) is 19.9 Å². The summed E-state index contributed by atoms with van der Waals surface area (Å²) in [7, 11) is 0. The number of aromatic nitrogens is 1. The molecule has 1 amide bonds. The molecule has 0 atom stereocenters. The maximum absolute atomic E-state index is 12.2. The van der Waals surface area contributed by atoms with Gasteiger partial charge in [-0.05, 0) is 24.3 Å². The molecule has 1 aromatic carbocycles. The number of amides is 1. The van der Waals surface area contributed by atoms with Gasteiger partial charge in [0.25, 0.3) is 11.6 Å². The van der Waals surface area contributed by atoms with Crippen molar-refractivity contribution in [2.24, 2.45) is 0 Å². The molecule has 0 saturated carbocycles. The molecule has 0 bridgehead atoms. The lowest BCUT2D eigenvalue weighted by Gasteiger charge is -2.28. The Labute approximate surface area is 178 Å². The van der Waals surface area contributed by atoms with Gasteiger partial charge in [-0.15, -0.1) is 12.4 Å². The standard InChI is InChI=1S/C19H20N4O6.ClH/c24-18(15-2-1-5-20-13-15)21-6-9-29-19(25)14-3-4-16(17(12-14)23(26)27)22-7-10-28-11-8-22;/h1-5,12-13H,6-11H2,(H,21,24);1H. The molecule has 0 unspecified atom stereocenters. The van der Waals surface area contributed by atoms with Gasteiger partial charge < -0.3 is 19.7 Å². The van der Waals surface area contributed by atoms with Crippen LogP contribution < -0.4 is 10.2 Å². The first-order valence-corrected chi connectivity index (χ1v) is 9.03. The summed E-state index contributed by atoms with van der Waals surface area (Å²) in [6.07, 6.45) is 2.98. The lowest BCUT2D eigenvalue weighted by atomic mass is 10.1. The van der Waals surface area contributed by atoms with Crippen molar-refractivity contribution >= 4 is 35.7 Å². The Morgan fingerprint density at radius 2 is 2.00 bits per heavy atom. The summed E-state index contributed by atoms with van der Waals surface area (Å²) >= 11 is 0. The number of nitrogens with zero attached hydrogens (tertiary/aromatic N) is 3. The van der Waals surface area contributed by atoms with Crippen molar-refractivity contribution < 1.29 is 24.0 Å². The number of pyridine rings is 1. The van der Waals surface area contributed by atoms with E-state index in [1.54, 1.807) is 24.4 Å². The second kappa shape index (κ2) is 11.1. The van der Waals surface area contributed by atoms with Crippen LogP contribution in [0.25, 0.3) is 0 Å². The van der Waals surface area contributed by atoms with Crippen LogP contribution in [0, 0.1) is 10.1 Å². The van der Waals surface area contributed by atoms with E-state index in [4.69, 9.17) is 9.47 Å². The summed E-state index contributed by atoms with van der Waals surface area (Å²) in [5, 5.41) is 14.1. The van der Waals surface area contributed by atoms with Crippen molar-refractivity contribution in [3.8, 4) is 0 Å². The smallest absolute Gasteiger partial charge is 0.338 e. The second-order valence-electron chi connectivity index (χ2n) is 6.19. The Bertz CT molecular complexity index is 890. The summed E-state index contributed by atoms with van der Waals surface area (Å²) in [4.78, 5) is 40.7. The molecule has 1 N–H and O–H groups in total. The zero-order chi connectivity index (χ0) is 20.6. The predicted molar refractivity (Wildman–Crippen MR) is 110 cm³/mol. The maximum Gasteiger partial charge on any atom is 0.338 e. The number of anilines is 1. The minimum absolute atomic E-state index is 0. The van der Waals surface area contributed by atoms with E-state index in [-0.39, 0.29) is 42.7 Å². The fraction of sp³-hybridized carbons (Fsp3) is 0.316. The van der Waals surface area contributed by atoms with Crippen LogP contribution in [-0.4, -0.2) is 61.2 Å². The molecule has 2 aromatic rings. The lowest BCUT2D eigenvalue weighted by molar-refractivity contribution is -0.384. The number of morpholine rings is 1. The third kappa shape index (κ3) is 5.88. The fourth-order valence-electron chi connectivity index (χ4n) is 2.86. The zero-order valence-corrected chi connectivity index (χ0v) is 16.8. The number of carbonyl (C=O) groups is 2. The van der Waals surface area contributed by atoms with E-state index in [1.807, 2.05) is 4.90 Å². The molecular weight excluding hydrogens is 416 g/mol. The van der Waals surface area contributed by atoms with Crippen LogP contribution in [0.15, 0.2) is 42.7 Å². The Morgan fingerprint density at radius 1 is 1.23 bits per heavy atom. The Hall–Kier alpha value is -3.24. The van der Waals surface area contributed by atoms with Crippen LogP contribution in [0.5, 0.6) is 0 Å². The first kappa shape index (κ1) is 23.0. The molecule has 1 aliphatic heterocycles. The van der Waals surface area contributed by atoms with Crippen LogP contribution >= 0.6 is 12.4 Å². The van der Waals surface area contributed by atoms with E-state index in [0.717, 1.165) is 0 Å². The first-order chi connectivity index (χ1) is 14.1. The van der Waals surface area contributed by atoms with Gasteiger partial charge in [-0.25, -0.2) is 4.79 Å². The number of hydrogen-bond donors (Lipinski definition) is 1. The number of ether oxygens (including phenoxy) is 2. The molecule has 1 aliphatic rings. The molecular formula is C19H21ClN4O6. The zero-order valence-electron chi connectivity index (χ0n) is 16.0. The van der Waals surface area contributed by atoms with Crippen molar-refractivity contribution in [2.45, 2.75) is 0 Å². The highest BCUT2D eigenvalue weighted by atomic mass is 35.5.